The molecule has 1 unspecified atom stereocenters. The van der Waals surface area contributed by atoms with Crippen molar-refractivity contribution in [3.05, 3.63) is 0 Å². The van der Waals surface area contributed by atoms with Gasteiger partial charge in [0.1, 0.15) is 0 Å². The van der Waals surface area contributed by atoms with Crippen molar-refractivity contribution >= 4 is 0 Å². The second-order valence-electron chi connectivity index (χ2n) is 6.50. The summed E-state index contributed by atoms with van der Waals surface area (Å²) in [5.74, 6) is 0. The summed E-state index contributed by atoms with van der Waals surface area (Å²) >= 11 is 0. The van der Waals surface area contributed by atoms with Crippen LogP contribution in [0.1, 0.15) is 65.2 Å². The van der Waals surface area contributed by atoms with E-state index >= 15 is 0 Å². The molecule has 2 heteroatoms. The van der Waals surface area contributed by atoms with Crippen molar-refractivity contribution in [2.24, 2.45) is 5.41 Å². The van der Waals surface area contributed by atoms with Crippen LogP contribution in [0.5, 0.6) is 0 Å². The van der Waals surface area contributed by atoms with Crippen LogP contribution in [-0.4, -0.2) is 38.1 Å². The van der Waals surface area contributed by atoms with Gasteiger partial charge in [-0.3, -0.25) is 0 Å². The average molecular weight is 254 g/mol. The first-order valence-electron chi connectivity index (χ1n) is 7.98. The number of rotatable bonds is 7. The van der Waals surface area contributed by atoms with Crippen LogP contribution >= 0.6 is 0 Å². The quantitative estimate of drug-likeness (QED) is 0.697. The third kappa shape index (κ3) is 4.89. The Morgan fingerprint density at radius 3 is 2.28 bits per heavy atom. The Balaban J connectivity index is 2.59. The summed E-state index contributed by atoms with van der Waals surface area (Å²) in [6.07, 6.45) is 11.2. The zero-order valence-electron chi connectivity index (χ0n) is 13.1. The van der Waals surface area contributed by atoms with E-state index in [2.05, 4.69) is 38.2 Å². The van der Waals surface area contributed by atoms with Crippen molar-refractivity contribution < 1.29 is 0 Å². The fourth-order valence-corrected chi connectivity index (χ4v) is 3.57. The molecule has 0 aromatic rings. The van der Waals surface area contributed by atoms with Crippen molar-refractivity contribution in [3.8, 4) is 0 Å². The van der Waals surface area contributed by atoms with Crippen LogP contribution in [0.3, 0.4) is 0 Å². The van der Waals surface area contributed by atoms with Gasteiger partial charge in [0.15, 0.2) is 0 Å². The normalized spacial score (nSPS) is 21.8. The lowest BCUT2D eigenvalue weighted by atomic mass is 9.79. The first kappa shape index (κ1) is 16.0. The summed E-state index contributed by atoms with van der Waals surface area (Å²) in [5, 5.41) is 3.46. The van der Waals surface area contributed by atoms with Crippen molar-refractivity contribution in [2.45, 2.75) is 71.3 Å². The summed E-state index contributed by atoms with van der Waals surface area (Å²) < 4.78 is 0. The molecule has 0 amide bonds. The molecule has 1 atom stereocenters. The van der Waals surface area contributed by atoms with Gasteiger partial charge in [0.25, 0.3) is 0 Å². The van der Waals surface area contributed by atoms with Crippen LogP contribution in [0.2, 0.25) is 0 Å². The van der Waals surface area contributed by atoms with Gasteiger partial charge in [-0.15, -0.1) is 0 Å². The molecule has 1 saturated carbocycles. The standard InChI is InChI=1S/C16H34N2/c1-5-10-15(2)18(4)14-16(13-17-3)11-8-6-7-9-12-16/h15,17H,5-14H2,1-4H3. The van der Waals surface area contributed by atoms with Gasteiger partial charge in [0.2, 0.25) is 0 Å². The minimum Gasteiger partial charge on any atom is -0.319 e. The van der Waals surface area contributed by atoms with Gasteiger partial charge < -0.3 is 10.2 Å². The molecule has 0 bridgehead atoms. The lowest BCUT2D eigenvalue weighted by molar-refractivity contribution is 0.118. The van der Waals surface area contributed by atoms with Crippen LogP contribution in [-0.2, 0) is 0 Å². The fraction of sp³-hybridized carbons (Fsp3) is 1.00. The van der Waals surface area contributed by atoms with Crippen LogP contribution < -0.4 is 5.32 Å². The highest BCUT2D eigenvalue weighted by Crippen LogP contribution is 2.35. The highest BCUT2D eigenvalue weighted by atomic mass is 15.1. The monoisotopic (exact) mass is 254 g/mol. The second kappa shape index (κ2) is 8.16. The molecule has 0 aromatic heterocycles. The van der Waals surface area contributed by atoms with Crippen LogP contribution in [0, 0.1) is 5.41 Å². The van der Waals surface area contributed by atoms with E-state index in [9.17, 15) is 0 Å². The van der Waals surface area contributed by atoms with E-state index in [1.165, 1.54) is 64.5 Å². The van der Waals surface area contributed by atoms with Crippen LogP contribution in [0.4, 0.5) is 0 Å². The molecule has 0 aliphatic heterocycles. The number of hydrogen-bond acceptors (Lipinski definition) is 2. The topological polar surface area (TPSA) is 15.3 Å². The highest BCUT2D eigenvalue weighted by Gasteiger charge is 2.32. The summed E-state index contributed by atoms with van der Waals surface area (Å²) in [4.78, 5) is 2.60. The summed E-state index contributed by atoms with van der Waals surface area (Å²) in [7, 11) is 4.44. The molecule has 0 heterocycles. The molecule has 108 valence electrons. The third-order valence-electron chi connectivity index (χ3n) is 4.76. The van der Waals surface area contributed by atoms with Gasteiger partial charge in [-0.25, -0.2) is 0 Å². The lowest BCUT2D eigenvalue weighted by Gasteiger charge is -2.39. The minimum atomic E-state index is 0.530. The molecule has 1 fully saturated rings. The summed E-state index contributed by atoms with van der Waals surface area (Å²) in [6, 6.07) is 0.729. The zero-order valence-corrected chi connectivity index (χ0v) is 13.1. The zero-order chi connectivity index (χ0) is 13.4. The van der Waals surface area contributed by atoms with E-state index in [4.69, 9.17) is 0 Å². The molecule has 1 aliphatic carbocycles. The second-order valence-corrected chi connectivity index (χ2v) is 6.50. The predicted octanol–water partition coefficient (Wildman–Crippen LogP) is 3.67. The van der Waals surface area contributed by atoms with Crippen LogP contribution in [0.25, 0.3) is 0 Å². The molecule has 0 aromatic carbocycles. The predicted molar refractivity (Wildman–Crippen MR) is 81.1 cm³/mol. The van der Waals surface area contributed by atoms with E-state index in [1.807, 2.05) is 0 Å². The SMILES string of the molecule is CCCC(C)N(C)CC1(CNC)CCCCCC1. The molecule has 0 saturated heterocycles. The maximum Gasteiger partial charge on any atom is 0.00640 e. The van der Waals surface area contributed by atoms with E-state index < -0.39 is 0 Å². The molecular weight excluding hydrogens is 220 g/mol. The number of nitrogens with one attached hydrogen (secondary N) is 1. The number of hydrogen-bond donors (Lipinski definition) is 1. The molecular formula is C16H34N2. The van der Waals surface area contributed by atoms with Gasteiger partial charge in [-0.05, 0) is 45.7 Å². The van der Waals surface area contributed by atoms with Crippen molar-refractivity contribution in [2.75, 3.05) is 27.2 Å². The Labute approximate surface area is 115 Å². The summed E-state index contributed by atoms with van der Waals surface area (Å²) in [5.41, 5.74) is 0.530. The maximum absolute atomic E-state index is 3.46. The fourth-order valence-electron chi connectivity index (χ4n) is 3.57. The van der Waals surface area contributed by atoms with Gasteiger partial charge in [0, 0.05) is 19.1 Å². The first-order valence-corrected chi connectivity index (χ1v) is 7.98. The minimum absolute atomic E-state index is 0.530. The van der Waals surface area contributed by atoms with Gasteiger partial charge in [-0.2, -0.15) is 0 Å². The molecule has 0 radical (unpaired) electrons. The third-order valence-corrected chi connectivity index (χ3v) is 4.76. The average Bonchev–Trinajstić information content (AvgIpc) is 2.56. The largest absolute Gasteiger partial charge is 0.319 e. The Bertz CT molecular complexity index is 207. The van der Waals surface area contributed by atoms with Crippen molar-refractivity contribution in [1.82, 2.24) is 10.2 Å². The van der Waals surface area contributed by atoms with Crippen LogP contribution in [0.15, 0.2) is 0 Å². The smallest absolute Gasteiger partial charge is 0.00640 e. The maximum atomic E-state index is 3.46. The van der Waals surface area contributed by atoms with E-state index in [0.717, 1.165) is 6.04 Å². The van der Waals surface area contributed by atoms with E-state index in [1.54, 1.807) is 0 Å². The Kier molecular flexibility index (Phi) is 7.25. The summed E-state index contributed by atoms with van der Waals surface area (Å²) in [6.45, 7) is 7.14. The van der Waals surface area contributed by atoms with Crippen molar-refractivity contribution in [3.63, 3.8) is 0 Å². The lowest BCUT2D eigenvalue weighted by Crippen LogP contribution is -2.44. The molecule has 1 rings (SSSR count). The first-order chi connectivity index (χ1) is 8.63. The Morgan fingerprint density at radius 2 is 1.78 bits per heavy atom. The molecule has 18 heavy (non-hydrogen) atoms. The van der Waals surface area contributed by atoms with E-state index in [-0.39, 0.29) is 0 Å². The van der Waals surface area contributed by atoms with Gasteiger partial charge in [0.05, 0.1) is 0 Å². The number of nitrogens with zero attached hydrogens (tertiary/aromatic N) is 1. The van der Waals surface area contributed by atoms with Gasteiger partial charge >= 0.3 is 0 Å². The molecule has 1 N–H and O–H groups in total. The Morgan fingerprint density at radius 1 is 1.17 bits per heavy atom. The molecule has 2 nitrogen and oxygen atoms in total. The van der Waals surface area contributed by atoms with Crippen molar-refractivity contribution in [1.29, 1.82) is 0 Å². The highest BCUT2D eigenvalue weighted by molar-refractivity contribution is 4.87. The molecule has 0 spiro atoms. The van der Waals surface area contributed by atoms with Gasteiger partial charge in [-0.1, -0.05) is 39.0 Å². The Hall–Kier alpha value is -0.0800. The molecule has 1 aliphatic rings. The van der Waals surface area contributed by atoms with E-state index in [0.29, 0.717) is 5.41 Å².